The van der Waals surface area contributed by atoms with Gasteiger partial charge in [-0.3, -0.25) is 19.4 Å². The van der Waals surface area contributed by atoms with E-state index < -0.39 is 16.1 Å². The molecule has 1 aliphatic heterocycles. The number of aryl methyl sites for hydroxylation is 1. The number of carbonyl (C=O) groups excluding carboxylic acids is 1. The molecule has 4 atom stereocenters. The maximum absolute atomic E-state index is 14.3. The molecule has 1 amide bonds. The van der Waals surface area contributed by atoms with Crippen LogP contribution >= 0.6 is 0 Å². The van der Waals surface area contributed by atoms with Crippen molar-refractivity contribution in [2.75, 3.05) is 38.1 Å². The van der Waals surface area contributed by atoms with Crippen molar-refractivity contribution in [3.63, 3.8) is 0 Å². The zero-order chi connectivity index (χ0) is 32.6. The first-order valence-electron chi connectivity index (χ1n) is 15.4. The van der Waals surface area contributed by atoms with Crippen LogP contribution < -0.4 is 9.46 Å². The van der Waals surface area contributed by atoms with Gasteiger partial charge in [0.15, 0.2) is 5.03 Å². The number of amides is 1. The summed E-state index contributed by atoms with van der Waals surface area (Å²) in [6.07, 6.45) is 8.49. The van der Waals surface area contributed by atoms with Crippen molar-refractivity contribution in [1.82, 2.24) is 24.3 Å². The summed E-state index contributed by atoms with van der Waals surface area (Å²) >= 11 is 0. The summed E-state index contributed by atoms with van der Waals surface area (Å²) in [7, 11) is -0.266. The molecule has 0 bridgehead atoms. The molecule has 45 heavy (non-hydrogen) atoms. The van der Waals surface area contributed by atoms with Crippen LogP contribution in [0.1, 0.15) is 56.0 Å². The van der Waals surface area contributed by atoms with Crippen LogP contribution in [0.25, 0.3) is 0 Å². The Morgan fingerprint density at radius 1 is 1.18 bits per heavy atom. The number of pyridine rings is 1. The lowest BCUT2D eigenvalue weighted by molar-refractivity contribution is -0.0177. The fraction of sp³-hybridized carbons (Fsp3) is 0.531. The number of nitrogens with one attached hydrogen (secondary N) is 1. The minimum Gasteiger partial charge on any atom is -0.490 e. The minimum absolute atomic E-state index is 0.0834. The molecule has 1 aromatic carbocycles. The number of sulfonamides is 1. The highest BCUT2D eigenvalue weighted by Gasteiger charge is 2.31. The summed E-state index contributed by atoms with van der Waals surface area (Å²) in [6.45, 7) is 7.82. The lowest BCUT2D eigenvalue weighted by Gasteiger charge is -2.36. The van der Waals surface area contributed by atoms with E-state index in [0.717, 1.165) is 31.4 Å². The molecule has 0 saturated carbocycles. The summed E-state index contributed by atoms with van der Waals surface area (Å²) in [4.78, 5) is 26.2. The lowest BCUT2D eigenvalue weighted by Crippen LogP contribution is -2.47. The molecule has 246 valence electrons. The zero-order valence-corrected chi connectivity index (χ0v) is 27.6. The van der Waals surface area contributed by atoms with Gasteiger partial charge < -0.3 is 24.0 Å². The molecule has 2 aromatic heterocycles. The number of hydrogen-bond acceptors (Lipinski definition) is 9. The largest absolute Gasteiger partial charge is 0.490 e. The predicted octanol–water partition coefficient (Wildman–Crippen LogP) is 3.54. The normalized spacial score (nSPS) is 21.1. The third-order valence-electron chi connectivity index (χ3n) is 7.95. The van der Waals surface area contributed by atoms with Crippen molar-refractivity contribution >= 4 is 21.6 Å². The SMILES string of the molecule is C[C@@H]1CCCCO[C@@H](CN(C)Cc2ccncc2)[C@H](C)CN([C@@H](C)CO)C(=O)c2cc(NS(=O)(=O)c3cn(C)cn3)ccc2O1. The van der Waals surface area contributed by atoms with Crippen molar-refractivity contribution < 1.29 is 27.8 Å². The van der Waals surface area contributed by atoms with Gasteiger partial charge in [0, 0.05) is 63.5 Å². The Labute approximate surface area is 266 Å². The van der Waals surface area contributed by atoms with E-state index in [2.05, 4.69) is 26.5 Å². The number of fused-ring (bicyclic) bond motifs is 1. The number of rotatable bonds is 9. The Morgan fingerprint density at radius 3 is 2.62 bits per heavy atom. The summed E-state index contributed by atoms with van der Waals surface area (Å²) < 4.78 is 42.8. The van der Waals surface area contributed by atoms with Gasteiger partial charge >= 0.3 is 0 Å². The molecule has 12 nitrogen and oxygen atoms in total. The number of carbonyl (C=O) groups is 1. The maximum Gasteiger partial charge on any atom is 0.280 e. The molecule has 2 N–H and O–H groups in total. The van der Waals surface area contributed by atoms with Crippen LogP contribution in [0.4, 0.5) is 5.69 Å². The van der Waals surface area contributed by atoms with E-state index in [0.29, 0.717) is 25.4 Å². The number of aliphatic hydroxyl groups excluding tert-OH is 1. The molecule has 0 saturated heterocycles. The molecule has 1 aliphatic rings. The van der Waals surface area contributed by atoms with Crippen molar-refractivity contribution in [3.8, 4) is 5.75 Å². The third-order valence-corrected chi connectivity index (χ3v) is 9.22. The highest BCUT2D eigenvalue weighted by atomic mass is 32.2. The Morgan fingerprint density at radius 2 is 1.93 bits per heavy atom. The van der Waals surface area contributed by atoms with Crippen LogP contribution in [-0.4, -0.2) is 95.4 Å². The number of likely N-dealkylation sites (N-methyl/N-ethyl adjacent to an activating group) is 1. The predicted molar refractivity (Wildman–Crippen MR) is 171 cm³/mol. The minimum atomic E-state index is -3.99. The molecular weight excluding hydrogens is 596 g/mol. The number of hydrogen-bond donors (Lipinski definition) is 2. The van der Waals surface area contributed by atoms with E-state index >= 15 is 0 Å². The number of ether oxygens (including phenoxy) is 2. The first-order valence-corrected chi connectivity index (χ1v) is 16.9. The van der Waals surface area contributed by atoms with Crippen molar-refractivity contribution in [3.05, 3.63) is 66.4 Å². The number of nitrogens with zero attached hydrogens (tertiary/aromatic N) is 5. The average molecular weight is 643 g/mol. The molecule has 0 fully saturated rings. The molecule has 0 spiro atoms. The van der Waals surface area contributed by atoms with Crippen molar-refractivity contribution in [1.29, 1.82) is 0 Å². The highest BCUT2D eigenvalue weighted by Crippen LogP contribution is 2.29. The first-order chi connectivity index (χ1) is 21.5. The smallest absolute Gasteiger partial charge is 0.280 e. The number of aliphatic hydroxyl groups is 1. The lowest BCUT2D eigenvalue weighted by atomic mass is 10.0. The third kappa shape index (κ3) is 9.49. The fourth-order valence-corrected chi connectivity index (χ4v) is 6.39. The van der Waals surface area contributed by atoms with Gasteiger partial charge in [-0.25, -0.2) is 4.98 Å². The summed E-state index contributed by atoms with van der Waals surface area (Å²) in [5.74, 6) is -0.0941. The first kappa shape index (κ1) is 34.4. The van der Waals surface area contributed by atoms with Crippen LogP contribution in [-0.2, 0) is 28.4 Å². The molecule has 0 aliphatic carbocycles. The van der Waals surface area contributed by atoms with Gasteiger partial charge in [-0.05, 0) is 76.1 Å². The van der Waals surface area contributed by atoms with Crippen LogP contribution in [0.5, 0.6) is 5.75 Å². The van der Waals surface area contributed by atoms with Crippen LogP contribution in [0.15, 0.2) is 60.3 Å². The number of aromatic nitrogens is 3. The Hall–Kier alpha value is -3.52. The average Bonchev–Trinajstić information content (AvgIpc) is 3.46. The van der Waals surface area contributed by atoms with Gasteiger partial charge in [0.1, 0.15) is 5.75 Å². The van der Waals surface area contributed by atoms with Gasteiger partial charge in [-0.2, -0.15) is 8.42 Å². The van der Waals surface area contributed by atoms with E-state index in [1.165, 1.54) is 18.6 Å². The number of benzene rings is 1. The van der Waals surface area contributed by atoms with Gasteiger partial charge in [-0.1, -0.05) is 6.92 Å². The molecule has 0 radical (unpaired) electrons. The number of anilines is 1. The fourth-order valence-electron chi connectivity index (χ4n) is 5.36. The number of imidazole rings is 1. The van der Waals surface area contributed by atoms with E-state index in [1.807, 2.05) is 26.1 Å². The molecular formula is C32H46N6O6S. The van der Waals surface area contributed by atoms with E-state index in [-0.39, 0.29) is 46.9 Å². The van der Waals surface area contributed by atoms with E-state index in [9.17, 15) is 18.3 Å². The van der Waals surface area contributed by atoms with E-state index in [1.54, 1.807) is 48.0 Å². The molecule has 3 aromatic rings. The van der Waals surface area contributed by atoms with Gasteiger partial charge in [0.2, 0.25) is 0 Å². The Kier molecular flexibility index (Phi) is 12.0. The summed E-state index contributed by atoms with van der Waals surface area (Å²) in [6, 6.07) is 8.16. The molecule has 13 heteroatoms. The Bertz CT molecular complexity index is 1500. The topological polar surface area (TPSA) is 139 Å². The zero-order valence-electron chi connectivity index (χ0n) is 26.8. The van der Waals surface area contributed by atoms with Crippen LogP contribution in [0.2, 0.25) is 0 Å². The van der Waals surface area contributed by atoms with Gasteiger partial charge in [0.05, 0.1) is 36.7 Å². The quantitative estimate of drug-likeness (QED) is 0.359. The Balaban J connectivity index is 1.64. The highest BCUT2D eigenvalue weighted by molar-refractivity contribution is 7.92. The van der Waals surface area contributed by atoms with Crippen LogP contribution in [0.3, 0.4) is 0 Å². The van der Waals surface area contributed by atoms with Gasteiger partial charge in [-0.15, -0.1) is 0 Å². The standard InChI is InChI=1S/C32H46N6O6S/c1-23-17-38(24(2)21-39)32(40)28-16-27(35-45(41,42)31-20-37(5)22-34-31)9-10-29(28)44-25(3)8-6-7-15-43-30(23)19-36(4)18-26-11-13-33-14-12-26/h9-14,16,20,22-25,30,35,39H,6-8,15,17-19,21H2,1-5H3/t23-,24+,25-,30+/m1/s1. The van der Waals surface area contributed by atoms with Gasteiger partial charge in [0.25, 0.3) is 15.9 Å². The van der Waals surface area contributed by atoms with Crippen molar-refractivity contribution in [2.45, 2.75) is 69.9 Å². The summed E-state index contributed by atoms with van der Waals surface area (Å²) in [5.41, 5.74) is 1.56. The summed E-state index contributed by atoms with van der Waals surface area (Å²) in [5, 5.41) is 10.1. The van der Waals surface area contributed by atoms with E-state index in [4.69, 9.17) is 9.47 Å². The monoisotopic (exact) mass is 642 g/mol. The molecule has 3 heterocycles. The second-order valence-electron chi connectivity index (χ2n) is 12.0. The van der Waals surface area contributed by atoms with Crippen molar-refractivity contribution in [2.24, 2.45) is 13.0 Å². The maximum atomic E-state index is 14.3. The second kappa shape index (κ2) is 15.7. The second-order valence-corrected chi connectivity index (χ2v) is 13.7. The molecule has 4 rings (SSSR count). The molecule has 0 unspecified atom stereocenters. The van der Waals surface area contributed by atoms with Crippen LogP contribution in [0, 0.1) is 5.92 Å².